The summed E-state index contributed by atoms with van der Waals surface area (Å²) in [7, 11) is 1.23. The fourth-order valence-electron chi connectivity index (χ4n) is 4.27. The zero-order valence-electron chi connectivity index (χ0n) is 23.9. The first-order chi connectivity index (χ1) is 18.8. The number of alkyl carbamates (subject to hydrolysis) is 1. The van der Waals surface area contributed by atoms with Gasteiger partial charge in [0.25, 0.3) is 0 Å². The predicted octanol–water partition coefficient (Wildman–Crippen LogP) is 3.47. The minimum absolute atomic E-state index is 0.0726. The van der Waals surface area contributed by atoms with Crippen LogP contribution in [-0.2, 0) is 30.3 Å². The first-order valence-electron chi connectivity index (χ1n) is 13.3. The first-order valence-corrected chi connectivity index (χ1v) is 13.3. The standard InChI is InChI=1S/C30H39N3O7/c1-18-7-10-21(15-19(18)2)26(27(36)31-17-25(35)39-6)33(22-11-12-22)28(37)24(32-29(38)40-30(3,4)5)16-20-8-13-23(34)14-9-20/h7-10,13-15,22,24,26,34H,11-12,16-17H2,1-6H3,(H,31,36)(H,32,38). The molecule has 216 valence electrons. The van der Waals surface area contributed by atoms with Gasteiger partial charge in [-0.1, -0.05) is 30.3 Å². The molecule has 0 aliphatic heterocycles. The molecule has 1 fully saturated rings. The molecule has 3 rings (SSSR count). The number of phenols is 1. The van der Waals surface area contributed by atoms with E-state index in [1.807, 2.05) is 26.0 Å². The van der Waals surface area contributed by atoms with Crippen molar-refractivity contribution in [3.63, 3.8) is 0 Å². The molecule has 1 aliphatic carbocycles. The fourth-order valence-corrected chi connectivity index (χ4v) is 4.27. The van der Waals surface area contributed by atoms with Gasteiger partial charge in [0.05, 0.1) is 7.11 Å². The molecule has 2 aromatic rings. The summed E-state index contributed by atoms with van der Waals surface area (Å²) in [6.45, 7) is 8.69. The Kier molecular flexibility index (Phi) is 9.78. The third-order valence-electron chi connectivity index (χ3n) is 6.57. The Morgan fingerprint density at radius 1 is 1.02 bits per heavy atom. The van der Waals surface area contributed by atoms with Crippen molar-refractivity contribution in [1.29, 1.82) is 0 Å². The Morgan fingerprint density at radius 3 is 2.23 bits per heavy atom. The maximum absolute atomic E-state index is 14.3. The first kappa shape index (κ1) is 30.5. The van der Waals surface area contributed by atoms with Crippen LogP contribution in [0, 0.1) is 13.8 Å². The summed E-state index contributed by atoms with van der Waals surface area (Å²) < 4.78 is 10.1. The van der Waals surface area contributed by atoms with Crippen molar-refractivity contribution >= 4 is 23.9 Å². The van der Waals surface area contributed by atoms with E-state index in [0.717, 1.165) is 11.1 Å². The van der Waals surface area contributed by atoms with Gasteiger partial charge < -0.3 is 30.1 Å². The highest BCUT2D eigenvalue weighted by atomic mass is 16.6. The van der Waals surface area contributed by atoms with Crippen molar-refractivity contribution in [3.05, 3.63) is 64.7 Å². The van der Waals surface area contributed by atoms with Gasteiger partial charge in [-0.3, -0.25) is 14.4 Å². The number of carbonyl (C=O) groups excluding carboxylic acids is 4. The third kappa shape index (κ3) is 8.46. The summed E-state index contributed by atoms with van der Waals surface area (Å²) in [6.07, 6.45) is 0.717. The maximum atomic E-state index is 14.3. The van der Waals surface area contributed by atoms with E-state index in [0.29, 0.717) is 24.0 Å². The van der Waals surface area contributed by atoms with Crippen LogP contribution in [0.5, 0.6) is 5.75 Å². The average Bonchev–Trinajstić information content (AvgIpc) is 3.72. The molecule has 2 atom stereocenters. The largest absolute Gasteiger partial charge is 0.508 e. The molecule has 40 heavy (non-hydrogen) atoms. The van der Waals surface area contributed by atoms with Crippen LogP contribution in [0.2, 0.25) is 0 Å². The quantitative estimate of drug-likeness (QED) is 0.384. The highest BCUT2D eigenvalue weighted by molar-refractivity contribution is 5.93. The van der Waals surface area contributed by atoms with E-state index in [-0.39, 0.29) is 24.8 Å². The molecule has 2 unspecified atom stereocenters. The van der Waals surface area contributed by atoms with Gasteiger partial charge in [-0.15, -0.1) is 0 Å². The summed E-state index contributed by atoms with van der Waals surface area (Å²) in [5.74, 6) is -1.54. The SMILES string of the molecule is COC(=O)CNC(=O)C(c1ccc(C)c(C)c1)N(C(=O)C(Cc1ccc(O)cc1)NC(=O)OC(C)(C)C)C1CC1. The molecule has 3 N–H and O–H groups in total. The lowest BCUT2D eigenvalue weighted by atomic mass is 9.97. The van der Waals surface area contributed by atoms with Crippen molar-refractivity contribution in [1.82, 2.24) is 15.5 Å². The van der Waals surface area contributed by atoms with E-state index < -0.39 is 41.6 Å². The van der Waals surface area contributed by atoms with Crippen LogP contribution in [0.3, 0.4) is 0 Å². The van der Waals surface area contributed by atoms with Crippen molar-refractivity contribution < 1.29 is 33.8 Å². The smallest absolute Gasteiger partial charge is 0.408 e. The molecule has 0 spiro atoms. The van der Waals surface area contributed by atoms with Crippen LogP contribution in [0.4, 0.5) is 4.79 Å². The van der Waals surface area contributed by atoms with Gasteiger partial charge in [0.1, 0.15) is 30.0 Å². The summed E-state index contributed by atoms with van der Waals surface area (Å²) in [5, 5.41) is 15.0. The lowest BCUT2D eigenvalue weighted by Gasteiger charge is -2.35. The van der Waals surface area contributed by atoms with Gasteiger partial charge >= 0.3 is 12.1 Å². The van der Waals surface area contributed by atoms with Crippen LogP contribution in [0.15, 0.2) is 42.5 Å². The predicted molar refractivity (Wildman–Crippen MR) is 149 cm³/mol. The number of aromatic hydroxyl groups is 1. The van der Waals surface area contributed by atoms with Crippen molar-refractivity contribution in [2.75, 3.05) is 13.7 Å². The second-order valence-corrected chi connectivity index (χ2v) is 11.1. The zero-order chi connectivity index (χ0) is 29.6. The molecule has 0 bridgehead atoms. The summed E-state index contributed by atoms with van der Waals surface area (Å²) in [6, 6.07) is 9.52. The number of esters is 1. The number of amides is 3. The second kappa shape index (κ2) is 12.8. The number of nitrogens with zero attached hydrogens (tertiary/aromatic N) is 1. The van der Waals surface area contributed by atoms with Gasteiger partial charge in [0.15, 0.2) is 0 Å². The Labute approximate surface area is 235 Å². The van der Waals surface area contributed by atoms with Crippen LogP contribution in [-0.4, -0.2) is 65.2 Å². The summed E-state index contributed by atoms with van der Waals surface area (Å²) in [5.41, 5.74) is 2.46. The van der Waals surface area contributed by atoms with E-state index in [2.05, 4.69) is 15.4 Å². The van der Waals surface area contributed by atoms with Crippen LogP contribution < -0.4 is 10.6 Å². The molecule has 10 nitrogen and oxygen atoms in total. The number of carbonyl (C=O) groups is 4. The van der Waals surface area contributed by atoms with Gasteiger partial charge in [-0.05, 0) is 81.8 Å². The van der Waals surface area contributed by atoms with E-state index in [1.165, 1.54) is 24.1 Å². The van der Waals surface area contributed by atoms with Crippen LogP contribution >= 0.6 is 0 Å². The van der Waals surface area contributed by atoms with Crippen LogP contribution in [0.25, 0.3) is 0 Å². The van der Waals surface area contributed by atoms with E-state index in [9.17, 15) is 24.3 Å². The number of benzene rings is 2. The van der Waals surface area contributed by atoms with E-state index in [1.54, 1.807) is 39.0 Å². The van der Waals surface area contributed by atoms with Gasteiger partial charge in [0, 0.05) is 12.5 Å². The van der Waals surface area contributed by atoms with Crippen molar-refractivity contribution in [3.8, 4) is 5.75 Å². The Hall–Kier alpha value is -4.08. The lowest BCUT2D eigenvalue weighted by Crippen LogP contribution is -2.54. The van der Waals surface area contributed by atoms with Crippen molar-refractivity contribution in [2.45, 2.75) is 77.6 Å². The number of rotatable bonds is 10. The number of methoxy groups -OCH3 is 1. The summed E-state index contributed by atoms with van der Waals surface area (Å²) in [4.78, 5) is 54.0. The topological polar surface area (TPSA) is 134 Å². The summed E-state index contributed by atoms with van der Waals surface area (Å²) >= 11 is 0. The number of phenolic OH excluding ortho intramolecular Hbond substituents is 1. The Balaban J connectivity index is 2.02. The van der Waals surface area contributed by atoms with Gasteiger partial charge in [0.2, 0.25) is 11.8 Å². The molecule has 1 aliphatic rings. The zero-order valence-corrected chi connectivity index (χ0v) is 23.9. The molecule has 0 heterocycles. The number of hydrogen-bond donors (Lipinski definition) is 3. The van der Waals surface area contributed by atoms with Crippen molar-refractivity contribution in [2.24, 2.45) is 0 Å². The minimum Gasteiger partial charge on any atom is -0.508 e. The number of ether oxygens (including phenoxy) is 2. The second-order valence-electron chi connectivity index (χ2n) is 11.1. The number of hydrogen-bond acceptors (Lipinski definition) is 7. The van der Waals surface area contributed by atoms with E-state index >= 15 is 0 Å². The molecule has 0 saturated heterocycles. The Morgan fingerprint density at radius 2 is 1.68 bits per heavy atom. The molecular formula is C30H39N3O7. The molecular weight excluding hydrogens is 514 g/mol. The molecule has 0 aromatic heterocycles. The number of nitrogens with one attached hydrogen (secondary N) is 2. The molecule has 2 aromatic carbocycles. The van der Waals surface area contributed by atoms with E-state index in [4.69, 9.17) is 4.74 Å². The normalized spacial score (nSPS) is 14.4. The monoisotopic (exact) mass is 553 g/mol. The third-order valence-corrected chi connectivity index (χ3v) is 6.57. The highest BCUT2D eigenvalue weighted by Crippen LogP contribution is 2.36. The van der Waals surface area contributed by atoms with Gasteiger partial charge in [-0.25, -0.2) is 4.79 Å². The molecule has 10 heteroatoms. The van der Waals surface area contributed by atoms with Crippen LogP contribution in [0.1, 0.15) is 61.9 Å². The fraction of sp³-hybridized carbons (Fsp3) is 0.467. The Bertz CT molecular complexity index is 1230. The highest BCUT2D eigenvalue weighted by Gasteiger charge is 2.44. The molecule has 1 saturated carbocycles. The molecule has 3 amide bonds. The number of aryl methyl sites for hydroxylation is 2. The van der Waals surface area contributed by atoms with Gasteiger partial charge in [-0.2, -0.15) is 0 Å². The molecule has 0 radical (unpaired) electrons. The minimum atomic E-state index is -1.07. The average molecular weight is 554 g/mol. The lowest BCUT2D eigenvalue weighted by molar-refractivity contribution is -0.145. The maximum Gasteiger partial charge on any atom is 0.408 e.